The highest BCUT2D eigenvalue weighted by Gasteiger charge is 2.28. The number of ether oxygens (including phenoxy) is 1. The molecule has 0 saturated carbocycles. The SMILES string of the molecule is CC(CN)S(=O)(=O)NC1CCOc2ccccc21. The van der Waals surface area contributed by atoms with Crippen molar-refractivity contribution in [3.63, 3.8) is 0 Å². The molecular weight excluding hydrogens is 252 g/mol. The maximum atomic E-state index is 12.0. The van der Waals surface area contributed by atoms with E-state index in [1.807, 2.05) is 24.3 Å². The Morgan fingerprint density at radius 3 is 2.94 bits per heavy atom. The standard InChI is InChI=1S/C12H18N2O3S/c1-9(8-13)18(15,16)14-11-6-7-17-12-5-3-2-4-10(11)12/h2-5,9,11,14H,6-8,13H2,1H3. The Hall–Kier alpha value is -1.11. The lowest BCUT2D eigenvalue weighted by Crippen LogP contribution is -2.40. The molecule has 1 aromatic carbocycles. The lowest BCUT2D eigenvalue weighted by atomic mass is 10.0. The van der Waals surface area contributed by atoms with E-state index in [1.165, 1.54) is 0 Å². The van der Waals surface area contributed by atoms with Gasteiger partial charge in [-0.2, -0.15) is 0 Å². The number of sulfonamides is 1. The first-order valence-corrected chi connectivity index (χ1v) is 7.52. The summed E-state index contributed by atoms with van der Waals surface area (Å²) in [6, 6.07) is 7.25. The van der Waals surface area contributed by atoms with Gasteiger partial charge in [0.15, 0.2) is 0 Å². The molecule has 0 amide bonds. The molecule has 0 spiro atoms. The second-order valence-corrected chi connectivity index (χ2v) is 6.57. The molecule has 0 aromatic heterocycles. The number of hydrogen-bond donors (Lipinski definition) is 2. The summed E-state index contributed by atoms with van der Waals surface area (Å²) in [6.07, 6.45) is 0.632. The first-order valence-electron chi connectivity index (χ1n) is 5.97. The molecule has 100 valence electrons. The average molecular weight is 270 g/mol. The summed E-state index contributed by atoms with van der Waals surface area (Å²) in [5, 5.41) is -0.590. The second-order valence-electron chi connectivity index (χ2n) is 4.44. The molecule has 0 bridgehead atoms. The van der Waals surface area contributed by atoms with Gasteiger partial charge in [0.05, 0.1) is 17.9 Å². The Balaban J connectivity index is 2.22. The first kappa shape index (κ1) is 13.3. The summed E-state index contributed by atoms with van der Waals surface area (Å²) in [5.41, 5.74) is 6.30. The number of para-hydroxylation sites is 1. The van der Waals surface area contributed by atoms with Gasteiger partial charge in [-0.15, -0.1) is 0 Å². The van der Waals surface area contributed by atoms with E-state index in [1.54, 1.807) is 6.92 Å². The molecule has 0 saturated heterocycles. The van der Waals surface area contributed by atoms with Crippen LogP contribution in [0.25, 0.3) is 0 Å². The number of nitrogens with two attached hydrogens (primary N) is 1. The monoisotopic (exact) mass is 270 g/mol. The van der Waals surface area contributed by atoms with E-state index in [0.717, 1.165) is 11.3 Å². The Morgan fingerprint density at radius 2 is 2.22 bits per heavy atom. The van der Waals surface area contributed by atoms with Crippen molar-refractivity contribution in [1.82, 2.24) is 4.72 Å². The van der Waals surface area contributed by atoms with Crippen LogP contribution in [0.4, 0.5) is 0 Å². The second kappa shape index (κ2) is 5.26. The van der Waals surface area contributed by atoms with Gasteiger partial charge < -0.3 is 10.5 Å². The van der Waals surface area contributed by atoms with Crippen molar-refractivity contribution < 1.29 is 13.2 Å². The molecule has 5 nitrogen and oxygen atoms in total. The normalized spacial score (nSPS) is 20.9. The zero-order valence-electron chi connectivity index (χ0n) is 10.3. The lowest BCUT2D eigenvalue weighted by Gasteiger charge is -2.27. The fraction of sp³-hybridized carbons (Fsp3) is 0.500. The van der Waals surface area contributed by atoms with Crippen LogP contribution in [0.5, 0.6) is 5.75 Å². The molecule has 0 radical (unpaired) electrons. The van der Waals surface area contributed by atoms with Crippen molar-refractivity contribution in [1.29, 1.82) is 0 Å². The minimum absolute atomic E-state index is 0.111. The smallest absolute Gasteiger partial charge is 0.216 e. The Morgan fingerprint density at radius 1 is 1.50 bits per heavy atom. The zero-order chi connectivity index (χ0) is 13.2. The maximum Gasteiger partial charge on any atom is 0.216 e. The predicted octanol–water partition coefficient (Wildman–Crippen LogP) is 0.777. The summed E-state index contributed by atoms with van der Waals surface area (Å²) in [7, 11) is -3.38. The van der Waals surface area contributed by atoms with E-state index in [2.05, 4.69) is 4.72 Å². The number of nitrogens with one attached hydrogen (secondary N) is 1. The van der Waals surface area contributed by atoms with Gasteiger partial charge in [-0.05, 0) is 13.0 Å². The average Bonchev–Trinajstić information content (AvgIpc) is 2.38. The molecule has 1 aromatic rings. The van der Waals surface area contributed by atoms with Gasteiger partial charge in [0, 0.05) is 18.5 Å². The van der Waals surface area contributed by atoms with Crippen LogP contribution < -0.4 is 15.2 Å². The molecule has 0 fully saturated rings. The molecule has 2 atom stereocenters. The van der Waals surface area contributed by atoms with Crippen LogP contribution in [0.2, 0.25) is 0 Å². The third-order valence-electron chi connectivity index (χ3n) is 3.13. The molecule has 3 N–H and O–H groups in total. The minimum Gasteiger partial charge on any atom is -0.493 e. The van der Waals surface area contributed by atoms with Crippen molar-refractivity contribution in [3.05, 3.63) is 29.8 Å². The fourth-order valence-electron chi connectivity index (χ4n) is 1.91. The number of fused-ring (bicyclic) bond motifs is 1. The van der Waals surface area contributed by atoms with Crippen LogP contribution in [0.3, 0.4) is 0 Å². The highest BCUT2D eigenvalue weighted by atomic mass is 32.2. The summed E-state index contributed by atoms with van der Waals surface area (Å²) in [6.45, 7) is 2.23. The summed E-state index contributed by atoms with van der Waals surface area (Å²) < 4.78 is 32.2. The largest absolute Gasteiger partial charge is 0.493 e. The molecular formula is C12H18N2O3S. The van der Waals surface area contributed by atoms with E-state index in [9.17, 15) is 8.42 Å². The topological polar surface area (TPSA) is 81.4 Å². The van der Waals surface area contributed by atoms with E-state index in [-0.39, 0.29) is 12.6 Å². The summed E-state index contributed by atoms with van der Waals surface area (Å²) in [5.74, 6) is 0.747. The molecule has 1 aliphatic heterocycles. The van der Waals surface area contributed by atoms with Crippen LogP contribution in [0, 0.1) is 0 Å². The van der Waals surface area contributed by atoms with Gasteiger partial charge >= 0.3 is 0 Å². The van der Waals surface area contributed by atoms with Gasteiger partial charge in [0.2, 0.25) is 10.0 Å². The highest BCUT2D eigenvalue weighted by molar-refractivity contribution is 7.90. The minimum atomic E-state index is -3.38. The lowest BCUT2D eigenvalue weighted by molar-refractivity contribution is 0.263. The fourth-order valence-corrected chi connectivity index (χ4v) is 3.03. The first-order chi connectivity index (χ1) is 8.54. The summed E-state index contributed by atoms with van der Waals surface area (Å²) >= 11 is 0. The van der Waals surface area contributed by atoms with E-state index < -0.39 is 15.3 Å². The van der Waals surface area contributed by atoms with Crippen LogP contribution in [0.15, 0.2) is 24.3 Å². The quantitative estimate of drug-likeness (QED) is 0.847. The predicted molar refractivity (Wildman–Crippen MR) is 69.9 cm³/mol. The van der Waals surface area contributed by atoms with Crippen LogP contribution in [-0.2, 0) is 10.0 Å². The van der Waals surface area contributed by atoms with Gasteiger partial charge in [-0.25, -0.2) is 13.1 Å². The molecule has 2 unspecified atom stereocenters. The summed E-state index contributed by atoms with van der Waals surface area (Å²) in [4.78, 5) is 0. The zero-order valence-corrected chi connectivity index (χ0v) is 11.1. The van der Waals surface area contributed by atoms with Crippen LogP contribution >= 0.6 is 0 Å². The van der Waals surface area contributed by atoms with Crippen molar-refractivity contribution in [2.24, 2.45) is 5.73 Å². The van der Waals surface area contributed by atoms with Gasteiger partial charge in [0.1, 0.15) is 5.75 Å². The molecule has 2 rings (SSSR count). The van der Waals surface area contributed by atoms with Crippen molar-refractivity contribution in [2.75, 3.05) is 13.2 Å². The van der Waals surface area contributed by atoms with Crippen LogP contribution in [0.1, 0.15) is 24.9 Å². The van der Waals surface area contributed by atoms with E-state index in [0.29, 0.717) is 13.0 Å². The van der Waals surface area contributed by atoms with Crippen molar-refractivity contribution >= 4 is 10.0 Å². The third kappa shape index (κ3) is 2.66. The molecule has 1 heterocycles. The van der Waals surface area contributed by atoms with Gasteiger partial charge in [-0.1, -0.05) is 18.2 Å². The van der Waals surface area contributed by atoms with E-state index in [4.69, 9.17) is 10.5 Å². The van der Waals surface area contributed by atoms with Crippen molar-refractivity contribution in [2.45, 2.75) is 24.6 Å². The Labute approximate surface area is 107 Å². The van der Waals surface area contributed by atoms with Gasteiger partial charge in [-0.3, -0.25) is 0 Å². The third-order valence-corrected chi connectivity index (χ3v) is 4.99. The Bertz CT molecular complexity index is 516. The van der Waals surface area contributed by atoms with E-state index >= 15 is 0 Å². The van der Waals surface area contributed by atoms with Crippen molar-refractivity contribution in [3.8, 4) is 5.75 Å². The molecule has 6 heteroatoms. The number of hydrogen-bond acceptors (Lipinski definition) is 4. The highest BCUT2D eigenvalue weighted by Crippen LogP contribution is 2.32. The Kier molecular flexibility index (Phi) is 3.89. The number of benzene rings is 1. The molecule has 18 heavy (non-hydrogen) atoms. The van der Waals surface area contributed by atoms with Crippen LogP contribution in [-0.4, -0.2) is 26.8 Å². The molecule has 0 aliphatic carbocycles. The van der Waals surface area contributed by atoms with Gasteiger partial charge in [0.25, 0.3) is 0 Å². The maximum absolute atomic E-state index is 12.0. The molecule has 1 aliphatic rings. The number of rotatable bonds is 4.